The molecule has 3 aromatic carbocycles. The number of carbonyl (C=O) groups is 4. The van der Waals surface area contributed by atoms with Gasteiger partial charge in [0.1, 0.15) is 12.4 Å². The highest BCUT2D eigenvalue weighted by atomic mass is 79.9. The Morgan fingerprint density at radius 1 is 0.871 bits per heavy atom. The molecule has 3 aromatic rings. The van der Waals surface area contributed by atoms with E-state index in [0.717, 1.165) is 17.0 Å². The van der Waals surface area contributed by atoms with Gasteiger partial charge in [0.15, 0.2) is 5.78 Å². The Bertz CT molecular complexity index is 1220. The first-order valence-corrected chi connectivity index (χ1v) is 10.00. The van der Waals surface area contributed by atoms with Gasteiger partial charge in [0, 0.05) is 15.6 Å². The Balaban J connectivity index is 1.57. The van der Waals surface area contributed by atoms with E-state index in [4.69, 9.17) is 0 Å². The monoisotopic (exact) mass is 480 g/mol. The fraction of sp³-hybridized carbons (Fsp3) is 0.0435. The van der Waals surface area contributed by atoms with Crippen LogP contribution in [0.2, 0.25) is 0 Å². The molecule has 1 N–H and O–H groups in total. The van der Waals surface area contributed by atoms with Crippen molar-refractivity contribution in [3.8, 4) is 0 Å². The number of benzene rings is 3. The standard InChI is InChI=1S/C23H14BrFN2O4/c24-18-8-4-3-7-16(18)21(29)17-11-13(25)9-10-19(17)26-20(28)12-27-22(30)14-5-1-2-6-15(14)23(27)31/h1-11H,12H2,(H,26,28). The molecule has 1 aliphatic rings. The number of halogens is 2. The quantitative estimate of drug-likeness (QED) is 0.440. The van der Waals surface area contributed by atoms with Gasteiger partial charge in [0.2, 0.25) is 5.91 Å². The van der Waals surface area contributed by atoms with Crippen molar-refractivity contribution in [3.63, 3.8) is 0 Å². The zero-order valence-corrected chi connectivity index (χ0v) is 17.5. The number of ketones is 1. The maximum atomic E-state index is 13.9. The number of hydrogen-bond donors (Lipinski definition) is 1. The van der Waals surface area contributed by atoms with Crippen molar-refractivity contribution < 1.29 is 23.6 Å². The zero-order valence-electron chi connectivity index (χ0n) is 15.9. The predicted molar refractivity (Wildman–Crippen MR) is 114 cm³/mol. The number of nitrogens with one attached hydrogen (secondary N) is 1. The molecule has 0 bridgehead atoms. The first kappa shape index (κ1) is 20.6. The van der Waals surface area contributed by atoms with Crippen LogP contribution in [0.5, 0.6) is 0 Å². The molecule has 0 fully saturated rings. The normalized spacial score (nSPS) is 12.6. The van der Waals surface area contributed by atoms with Gasteiger partial charge in [-0.3, -0.25) is 24.1 Å². The summed E-state index contributed by atoms with van der Waals surface area (Å²) >= 11 is 3.29. The van der Waals surface area contributed by atoms with Crippen LogP contribution in [-0.2, 0) is 4.79 Å². The molecular weight excluding hydrogens is 467 g/mol. The van der Waals surface area contributed by atoms with Crippen LogP contribution in [0.1, 0.15) is 36.6 Å². The van der Waals surface area contributed by atoms with Crippen LogP contribution in [0.4, 0.5) is 10.1 Å². The second kappa shape index (κ2) is 8.23. The molecular formula is C23H14BrFN2O4. The minimum absolute atomic E-state index is 0.0531. The van der Waals surface area contributed by atoms with Crippen LogP contribution in [-0.4, -0.2) is 34.9 Å². The molecule has 8 heteroatoms. The van der Waals surface area contributed by atoms with Gasteiger partial charge >= 0.3 is 0 Å². The molecule has 4 rings (SSSR count). The van der Waals surface area contributed by atoms with Gasteiger partial charge in [-0.1, -0.05) is 40.2 Å². The summed E-state index contributed by atoms with van der Waals surface area (Å²) in [6.07, 6.45) is 0. The van der Waals surface area contributed by atoms with Gasteiger partial charge < -0.3 is 5.32 Å². The predicted octanol–water partition coefficient (Wildman–Crippen LogP) is 4.05. The summed E-state index contributed by atoms with van der Waals surface area (Å²) in [5.74, 6) is -2.97. The van der Waals surface area contributed by atoms with E-state index in [2.05, 4.69) is 21.2 Å². The van der Waals surface area contributed by atoms with E-state index in [0.29, 0.717) is 10.0 Å². The lowest BCUT2D eigenvalue weighted by Gasteiger charge is -2.15. The number of rotatable bonds is 5. The van der Waals surface area contributed by atoms with Crippen molar-refractivity contribution >= 4 is 45.1 Å². The summed E-state index contributed by atoms with van der Waals surface area (Å²) in [4.78, 5) is 51.3. The van der Waals surface area contributed by atoms with Crippen LogP contribution in [0, 0.1) is 5.82 Å². The number of hydrogen-bond acceptors (Lipinski definition) is 4. The van der Waals surface area contributed by atoms with Crippen LogP contribution < -0.4 is 5.32 Å². The van der Waals surface area contributed by atoms with E-state index < -0.39 is 35.9 Å². The number of imide groups is 1. The summed E-state index contributed by atoms with van der Waals surface area (Å²) in [6.45, 7) is -0.535. The second-order valence-electron chi connectivity index (χ2n) is 6.79. The minimum Gasteiger partial charge on any atom is -0.324 e. The molecule has 0 spiro atoms. The van der Waals surface area contributed by atoms with E-state index in [-0.39, 0.29) is 22.4 Å². The number of fused-ring (bicyclic) bond motifs is 1. The lowest BCUT2D eigenvalue weighted by molar-refractivity contribution is -0.116. The van der Waals surface area contributed by atoms with E-state index in [1.807, 2.05) is 0 Å². The average Bonchev–Trinajstić information content (AvgIpc) is 3.00. The largest absolute Gasteiger partial charge is 0.324 e. The molecule has 1 heterocycles. The molecule has 154 valence electrons. The molecule has 0 unspecified atom stereocenters. The third-order valence-electron chi connectivity index (χ3n) is 4.80. The number of anilines is 1. The van der Waals surface area contributed by atoms with Crippen molar-refractivity contribution in [2.24, 2.45) is 0 Å². The Morgan fingerprint density at radius 3 is 2.13 bits per heavy atom. The Hall–Kier alpha value is -3.65. The maximum Gasteiger partial charge on any atom is 0.262 e. The minimum atomic E-state index is -0.692. The average molecular weight is 481 g/mol. The van der Waals surface area contributed by atoms with E-state index in [9.17, 15) is 23.6 Å². The van der Waals surface area contributed by atoms with Crippen molar-refractivity contribution in [1.82, 2.24) is 4.90 Å². The number of carbonyl (C=O) groups excluding carboxylic acids is 4. The molecule has 0 saturated carbocycles. The molecule has 31 heavy (non-hydrogen) atoms. The van der Waals surface area contributed by atoms with Gasteiger partial charge in [-0.15, -0.1) is 0 Å². The summed E-state index contributed by atoms with van der Waals surface area (Å²) in [6, 6.07) is 16.3. The third kappa shape index (κ3) is 3.89. The van der Waals surface area contributed by atoms with Crippen LogP contribution in [0.15, 0.2) is 71.2 Å². The van der Waals surface area contributed by atoms with Gasteiger partial charge in [-0.25, -0.2) is 4.39 Å². The molecule has 0 aromatic heterocycles. The van der Waals surface area contributed by atoms with Crippen molar-refractivity contribution in [3.05, 3.63) is 99.3 Å². The highest BCUT2D eigenvalue weighted by Crippen LogP contribution is 2.26. The maximum absolute atomic E-state index is 13.9. The molecule has 1 aliphatic heterocycles. The summed E-state index contributed by atoms with van der Waals surface area (Å²) in [7, 11) is 0. The fourth-order valence-corrected chi connectivity index (χ4v) is 3.78. The first-order chi connectivity index (χ1) is 14.9. The smallest absolute Gasteiger partial charge is 0.262 e. The molecule has 0 radical (unpaired) electrons. The zero-order chi connectivity index (χ0) is 22.1. The highest BCUT2D eigenvalue weighted by Gasteiger charge is 2.36. The van der Waals surface area contributed by atoms with Gasteiger partial charge in [-0.2, -0.15) is 0 Å². The van der Waals surface area contributed by atoms with Crippen LogP contribution in [0.3, 0.4) is 0 Å². The summed E-state index contributed by atoms with van der Waals surface area (Å²) in [5.41, 5.74) is 0.772. The lowest BCUT2D eigenvalue weighted by Crippen LogP contribution is -2.37. The highest BCUT2D eigenvalue weighted by molar-refractivity contribution is 9.10. The van der Waals surface area contributed by atoms with Crippen LogP contribution >= 0.6 is 15.9 Å². The molecule has 0 aliphatic carbocycles. The topological polar surface area (TPSA) is 83.6 Å². The van der Waals surface area contributed by atoms with E-state index >= 15 is 0 Å². The van der Waals surface area contributed by atoms with Gasteiger partial charge in [0.25, 0.3) is 11.8 Å². The van der Waals surface area contributed by atoms with Crippen molar-refractivity contribution in [2.75, 3.05) is 11.9 Å². The first-order valence-electron chi connectivity index (χ1n) is 9.20. The second-order valence-corrected chi connectivity index (χ2v) is 7.64. The van der Waals surface area contributed by atoms with E-state index in [1.54, 1.807) is 36.4 Å². The third-order valence-corrected chi connectivity index (χ3v) is 5.49. The molecule has 0 saturated heterocycles. The van der Waals surface area contributed by atoms with Crippen molar-refractivity contribution in [1.29, 1.82) is 0 Å². The van der Waals surface area contributed by atoms with Gasteiger partial charge in [-0.05, 0) is 42.5 Å². The van der Waals surface area contributed by atoms with E-state index in [1.165, 1.54) is 18.2 Å². The van der Waals surface area contributed by atoms with Crippen LogP contribution in [0.25, 0.3) is 0 Å². The Kier molecular flexibility index (Phi) is 5.48. The fourth-order valence-electron chi connectivity index (χ4n) is 3.32. The van der Waals surface area contributed by atoms with Gasteiger partial charge in [0.05, 0.1) is 16.8 Å². The molecule has 3 amide bonds. The molecule has 0 atom stereocenters. The number of amides is 3. The summed E-state index contributed by atoms with van der Waals surface area (Å²) < 4.78 is 14.4. The SMILES string of the molecule is O=C(CN1C(=O)c2ccccc2C1=O)Nc1ccc(F)cc1C(=O)c1ccccc1Br. The Morgan fingerprint density at radius 2 is 1.48 bits per heavy atom. The summed E-state index contributed by atoms with van der Waals surface area (Å²) in [5, 5.41) is 2.51. The van der Waals surface area contributed by atoms with Crippen molar-refractivity contribution in [2.45, 2.75) is 0 Å². The Labute approximate surface area is 184 Å². The number of nitrogens with zero attached hydrogens (tertiary/aromatic N) is 1. The molecule has 6 nitrogen and oxygen atoms in total. The lowest BCUT2D eigenvalue weighted by atomic mass is 10.0.